The summed E-state index contributed by atoms with van der Waals surface area (Å²) < 4.78 is 26.4. The van der Waals surface area contributed by atoms with E-state index in [1.165, 1.54) is 40.3 Å². The molecule has 0 spiro atoms. The molecule has 2 aromatic rings. The van der Waals surface area contributed by atoms with Gasteiger partial charge in [0.15, 0.2) is 29.1 Å². The summed E-state index contributed by atoms with van der Waals surface area (Å²) in [6.07, 6.45) is -1.26. The van der Waals surface area contributed by atoms with Crippen LogP contribution in [0.3, 0.4) is 0 Å². The molecular weight excluding hydrogens is 394 g/mol. The van der Waals surface area contributed by atoms with Crippen molar-refractivity contribution in [3.8, 4) is 28.7 Å². The van der Waals surface area contributed by atoms with Crippen LogP contribution in [0.15, 0.2) is 30.3 Å². The fraction of sp³-hybridized carbons (Fsp3) is 0.333. The third-order valence-electron chi connectivity index (χ3n) is 4.78. The zero-order chi connectivity index (χ0) is 22.0. The molecular formula is C21H23NO8. The number of esters is 1. The van der Waals surface area contributed by atoms with Gasteiger partial charge >= 0.3 is 5.97 Å². The molecule has 1 fully saturated rings. The molecule has 1 unspecified atom stereocenters. The van der Waals surface area contributed by atoms with Crippen LogP contribution < -0.4 is 28.6 Å². The van der Waals surface area contributed by atoms with E-state index < -0.39 is 24.0 Å². The predicted octanol–water partition coefficient (Wildman–Crippen LogP) is 2.10. The summed E-state index contributed by atoms with van der Waals surface area (Å²) >= 11 is 0. The Morgan fingerprint density at radius 2 is 1.50 bits per heavy atom. The average Bonchev–Trinajstić information content (AvgIpc) is 2.75. The van der Waals surface area contributed by atoms with Crippen LogP contribution in [0.25, 0.3) is 0 Å². The summed E-state index contributed by atoms with van der Waals surface area (Å²) in [5.41, 5.74) is 1.02. The van der Waals surface area contributed by atoms with Crippen LogP contribution in [0.2, 0.25) is 0 Å². The standard InChI is InChI=1S/C21H23NO8/c1-11(23)30-15-8-12(6-7-14(15)26-2)18-19(24)21(25)22(18)13-9-16(27-3)20(29-5)17(10-13)28-4/h6-10,18-19,24H,1-5H3/t18-,19?/m0/s1. The fourth-order valence-corrected chi connectivity index (χ4v) is 3.41. The largest absolute Gasteiger partial charge is 0.493 e. The molecule has 0 aliphatic carbocycles. The van der Waals surface area contributed by atoms with Crippen molar-refractivity contribution in [2.75, 3.05) is 33.3 Å². The number of benzene rings is 2. The third kappa shape index (κ3) is 3.59. The van der Waals surface area contributed by atoms with Crippen LogP contribution in [0, 0.1) is 0 Å². The van der Waals surface area contributed by atoms with E-state index in [1.807, 2.05) is 0 Å². The van der Waals surface area contributed by atoms with Gasteiger partial charge in [-0.25, -0.2) is 0 Å². The van der Waals surface area contributed by atoms with Crippen molar-refractivity contribution in [3.05, 3.63) is 35.9 Å². The van der Waals surface area contributed by atoms with Gasteiger partial charge in [0, 0.05) is 19.1 Å². The minimum absolute atomic E-state index is 0.193. The molecule has 2 atom stereocenters. The summed E-state index contributed by atoms with van der Waals surface area (Å²) in [6.45, 7) is 1.27. The Morgan fingerprint density at radius 3 is 2.00 bits per heavy atom. The van der Waals surface area contributed by atoms with Gasteiger partial charge in [-0.2, -0.15) is 0 Å². The van der Waals surface area contributed by atoms with Crippen LogP contribution in [-0.4, -0.2) is 51.5 Å². The SMILES string of the molecule is COc1ccc([C@H]2C(O)C(=O)N2c2cc(OC)c(OC)c(OC)c2)cc1OC(C)=O. The molecule has 1 aliphatic rings. The Labute approximate surface area is 173 Å². The van der Waals surface area contributed by atoms with E-state index in [4.69, 9.17) is 23.7 Å². The zero-order valence-corrected chi connectivity index (χ0v) is 17.3. The first-order chi connectivity index (χ1) is 14.4. The van der Waals surface area contributed by atoms with E-state index in [1.54, 1.807) is 30.3 Å². The van der Waals surface area contributed by atoms with Crippen molar-refractivity contribution in [1.82, 2.24) is 0 Å². The Balaban J connectivity index is 2.05. The average molecular weight is 417 g/mol. The van der Waals surface area contributed by atoms with Gasteiger partial charge in [-0.3, -0.25) is 14.5 Å². The first kappa shape index (κ1) is 21.3. The van der Waals surface area contributed by atoms with Crippen LogP contribution in [0.4, 0.5) is 5.69 Å². The lowest BCUT2D eigenvalue weighted by atomic mass is 9.89. The minimum Gasteiger partial charge on any atom is -0.493 e. The molecule has 1 heterocycles. The molecule has 0 saturated carbocycles. The Bertz CT molecular complexity index is 948. The Morgan fingerprint density at radius 1 is 0.900 bits per heavy atom. The molecule has 3 rings (SSSR count). The van der Waals surface area contributed by atoms with Crippen molar-refractivity contribution in [2.24, 2.45) is 0 Å². The number of hydrogen-bond donors (Lipinski definition) is 1. The lowest BCUT2D eigenvalue weighted by Crippen LogP contribution is -2.59. The van der Waals surface area contributed by atoms with Gasteiger partial charge < -0.3 is 28.8 Å². The van der Waals surface area contributed by atoms with E-state index in [0.717, 1.165) is 0 Å². The highest BCUT2D eigenvalue weighted by molar-refractivity contribution is 6.05. The molecule has 2 aromatic carbocycles. The van der Waals surface area contributed by atoms with Crippen LogP contribution in [0.1, 0.15) is 18.5 Å². The summed E-state index contributed by atoms with van der Waals surface area (Å²) in [4.78, 5) is 25.4. The highest BCUT2D eigenvalue weighted by Gasteiger charge is 2.48. The topological polar surface area (TPSA) is 104 Å². The van der Waals surface area contributed by atoms with Gasteiger partial charge in [0.2, 0.25) is 5.75 Å². The fourth-order valence-electron chi connectivity index (χ4n) is 3.41. The summed E-state index contributed by atoms with van der Waals surface area (Å²) in [5.74, 6) is 0.671. The molecule has 1 saturated heterocycles. The van der Waals surface area contributed by atoms with E-state index in [-0.39, 0.29) is 5.75 Å². The van der Waals surface area contributed by atoms with Crippen molar-refractivity contribution in [1.29, 1.82) is 0 Å². The second-order valence-electron chi connectivity index (χ2n) is 6.49. The van der Waals surface area contributed by atoms with Gasteiger partial charge in [0.05, 0.1) is 40.2 Å². The smallest absolute Gasteiger partial charge is 0.308 e. The van der Waals surface area contributed by atoms with Crippen molar-refractivity contribution in [3.63, 3.8) is 0 Å². The normalized spacial score (nSPS) is 17.8. The van der Waals surface area contributed by atoms with E-state index in [9.17, 15) is 14.7 Å². The number of methoxy groups -OCH3 is 4. The lowest BCUT2D eigenvalue weighted by Gasteiger charge is -2.45. The predicted molar refractivity (Wildman–Crippen MR) is 107 cm³/mol. The second kappa shape index (κ2) is 8.50. The molecule has 160 valence electrons. The summed E-state index contributed by atoms with van der Waals surface area (Å²) in [7, 11) is 5.88. The van der Waals surface area contributed by atoms with Crippen molar-refractivity contribution < 1.29 is 38.4 Å². The maximum Gasteiger partial charge on any atom is 0.308 e. The highest BCUT2D eigenvalue weighted by Crippen LogP contribution is 2.47. The van der Waals surface area contributed by atoms with E-state index >= 15 is 0 Å². The number of aliphatic hydroxyl groups is 1. The maximum absolute atomic E-state index is 12.5. The molecule has 0 radical (unpaired) electrons. The second-order valence-corrected chi connectivity index (χ2v) is 6.49. The molecule has 0 aromatic heterocycles. The molecule has 9 heteroatoms. The van der Waals surface area contributed by atoms with E-state index in [0.29, 0.717) is 34.2 Å². The molecule has 1 aliphatic heterocycles. The van der Waals surface area contributed by atoms with Crippen LogP contribution in [-0.2, 0) is 9.59 Å². The number of carbonyl (C=O) groups excluding carboxylic acids is 2. The molecule has 1 amide bonds. The maximum atomic E-state index is 12.5. The molecule has 9 nitrogen and oxygen atoms in total. The Hall–Kier alpha value is -3.46. The van der Waals surface area contributed by atoms with Crippen LogP contribution in [0.5, 0.6) is 28.7 Å². The number of ether oxygens (including phenoxy) is 5. The van der Waals surface area contributed by atoms with Gasteiger partial charge in [-0.05, 0) is 17.7 Å². The van der Waals surface area contributed by atoms with Gasteiger partial charge in [-0.1, -0.05) is 6.07 Å². The van der Waals surface area contributed by atoms with Gasteiger partial charge in [0.25, 0.3) is 5.91 Å². The number of carbonyl (C=O) groups is 2. The van der Waals surface area contributed by atoms with Crippen LogP contribution >= 0.6 is 0 Å². The summed E-state index contributed by atoms with van der Waals surface area (Å²) in [6, 6.07) is 7.39. The van der Waals surface area contributed by atoms with Crippen molar-refractivity contribution in [2.45, 2.75) is 19.1 Å². The summed E-state index contributed by atoms with van der Waals surface area (Å²) in [5, 5.41) is 10.4. The number of aliphatic hydroxyl groups excluding tert-OH is 1. The first-order valence-electron chi connectivity index (χ1n) is 9.03. The highest BCUT2D eigenvalue weighted by atomic mass is 16.6. The lowest BCUT2D eigenvalue weighted by molar-refractivity contribution is -0.137. The molecule has 30 heavy (non-hydrogen) atoms. The quantitative estimate of drug-likeness (QED) is 0.415. The zero-order valence-electron chi connectivity index (χ0n) is 17.3. The third-order valence-corrected chi connectivity index (χ3v) is 4.78. The number of nitrogens with zero attached hydrogens (tertiary/aromatic N) is 1. The number of hydrogen-bond acceptors (Lipinski definition) is 8. The number of rotatable bonds is 7. The first-order valence-corrected chi connectivity index (χ1v) is 9.03. The minimum atomic E-state index is -1.26. The van der Waals surface area contributed by atoms with Gasteiger partial charge in [0.1, 0.15) is 0 Å². The monoisotopic (exact) mass is 417 g/mol. The number of amides is 1. The van der Waals surface area contributed by atoms with Crippen molar-refractivity contribution >= 4 is 17.6 Å². The number of β-lactam (4-membered cyclic amide) rings is 1. The number of anilines is 1. The molecule has 1 N–H and O–H groups in total. The molecule has 0 bridgehead atoms. The Kier molecular flexibility index (Phi) is 6.02. The van der Waals surface area contributed by atoms with Gasteiger partial charge in [-0.15, -0.1) is 0 Å². The van der Waals surface area contributed by atoms with E-state index in [2.05, 4.69) is 0 Å².